The summed E-state index contributed by atoms with van der Waals surface area (Å²) in [6.07, 6.45) is 1.31. The molecule has 142 valence electrons. The first-order chi connectivity index (χ1) is 13.4. The number of aromatic carboxylic acids is 1. The van der Waals surface area contributed by atoms with E-state index in [1.807, 2.05) is 6.07 Å². The minimum atomic E-state index is -1.04. The average molecular weight is 395 g/mol. The molecule has 0 saturated heterocycles. The molecular formula is C19H17N5O3S. The van der Waals surface area contributed by atoms with Crippen LogP contribution >= 0.6 is 11.8 Å². The van der Waals surface area contributed by atoms with Crippen molar-refractivity contribution in [3.05, 3.63) is 65.2 Å². The molecule has 0 aromatic heterocycles. The Balaban J connectivity index is 1.77. The third-order valence-electron chi connectivity index (χ3n) is 4.39. The third-order valence-corrected chi connectivity index (χ3v) is 5.86. The number of benzene rings is 2. The molecular weight excluding hydrogens is 378 g/mol. The number of carbonyl (C=O) groups is 2. The average Bonchev–Trinajstić information content (AvgIpc) is 3.52. The maximum atomic E-state index is 12.9. The number of nitriles is 1. The number of amidine groups is 1. The first-order valence-electron chi connectivity index (χ1n) is 8.30. The highest BCUT2D eigenvalue weighted by molar-refractivity contribution is 8.16. The first-order valence-corrected chi connectivity index (χ1v) is 9.12. The Morgan fingerprint density at radius 2 is 1.68 bits per heavy atom. The van der Waals surface area contributed by atoms with E-state index in [0.717, 1.165) is 0 Å². The van der Waals surface area contributed by atoms with Gasteiger partial charge in [0, 0.05) is 5.56 Å². The second-order valence-electron chi connectivity index (χ2n) is 6.25. The Bertz CT molecular complexity index is 976. The van der Waals surface area contributed by atoms with Crippen molar-refractivity contribution < 1.29 is 14.7 Å². The van der Waals surface area contributed by atoms with Crippen LogP contribution in [0.4, 0.5) is 5.69 Å². The summed E-state index contributed by atoms with van der Waals surface area (Å²) in [4.78, 5) is 23.9. The van der Waals surface area contributed by atoms with Crippen LogP contribution in [0, 0.1) is 11.3 Å². The molecule has 8 nitrogen and oxygen atoms in total. The van der Waals surface area contributed by atoms with Gasteiger partial charge in [-0.25, -0.2) is 10.6 Å². The van der Waals surface area contributed by atoms with Gasteiger partial charge in [-0.3, -0.25) is 9.80 Å². The molecule has 0 amide bonds. The van der Waals surface area contributed by atoms with Gasteiger partial charge >= 0.3 is 5.97 Å². The number of hydrazine groups is 1. The van der Waals surface area contributed by atoms with Gasteiger partial charge in [0.1, 0.15) is 0 Å². The van der Waals surface area contributed by atoms with Gasteiger partial charge in [-0.1, -0.05) is 23.9 Å². The number of ketones is 1. The van der Waals surface area contributed by atoms with Gasteiger partial charge in [0.2, 0.25) is 5.17 Å². The molecule has 1 aliphatic rings. The van der Waals surface area contributed by atoms with E-state index in [2.05, 4.69) is 5.10 Å². The van der Waals surface area contributed by atoms with E-state index >= 15 is 0 Å². The van der Waals surface area contributed by atoms with Crippen molar-refractivity contribution in [2.24, 2.45) is 16.8 Å². The molecule has 2 aromatic rings. The number of hydrazone groups is 1. The van der Waals surface area contributed by atoms with Gasteiger partial charge in [-0.05, 0) is 49.2 Å². The van der Waals surface area contributed by atoms with Crippen LogP contribution in [0.5, 0.6) is 0 Å². The number of rotatable bonds is 5. The SMILES string of the molecule is N#Cc1ccc(C(=O)C2(S/C(=N/N)N(N)c3ccc(C(=O)O)cc3)CC2)cc1. The number of carboxylic acids is 1. The normalized spacial score (nSPS) is 14.8. The van der Waals surface area contributed by atoms with E-state index < -0.39 is 10.7 Å². The lowest BCUT2D eigenvalue weighted by Gasteiger charge is -2.22. The minimum Gasteiger partial charge on any atom is -0.478 e. The summed E-state index contributed by atoms with van der Waals surface area (Å²) < 4.78 is -0.703. The summed E-state index contributed by atoms with van der Waals surface area (Å²) in [5.41, 5.74) is 1.61. The summed E-state index contributed by atoms with van der Waals surface area (Å²) in [5, 5.41) is 23.1. The number of hydrogen-bond acceptors (Lipinski definition) is 7. The highest BCUT2D eigenvalue weighted by atomic mass is 32.2. The smallest absolute Gasteiger partial charge is 0.335 e. The summed E-state index contributed by atoms with van der Waals surface area (Å²) in [6, 6.07) is 14.4. The van der Waals surface area contributed by atoms with Crippen molar-refractivity contribution in [2.45, 2.75) is 17.6 Å². The Hall–Kier alpha value is -3.35. The van der Waals surface area contributed by atoms with E-state index in [-0.39, 0.29) is 16.5 Å². The number of carbonyl (C=O) groups excluding carboxylic acids is 1. The van der Waals surface area contributed by atoms with Crippen LogP contribution in [0.15, 0.2) is 53.6 Å². The van der Waals surface area contributed by atoms with Gasteiger partial charge < -0.3 is 10.9 Å². The minimum absolute atomic E-state index is 0.0715. The van der Waals surface area contributed by atoms with E-state index in [1.54, 1.807) is 24.3 Å². The monoisotopic (exact) mass is 395 g/mol. The first kappa shape index (κ1) is 19.4. The highest BCUT2D eigenvalue weighted by Gasteiger charge is 2.52. The number of nitrogens with zero attached hydrogens (tertiary/aromatic N) is 3. The van der Waals surface area contributed by atoms with E-state index in [4.69, 9.17) is 22.1 Å². The lowest BCUT2D eigenvalue weighted by molar-refractivity contribution is 0.0696. The van der Waals surface area contributed by atoms with Crippen molar-refractivity contribution in [3.63, 3.8) is 0 Å². The summed E-state index contributed by atoms with van der Waals surface area (Å²) in [5.74, 6) is 10.5. The topological polar surface area (TPSA) is 146 Å². The maximum absolute atomic E-state index is 12.9. The number of thioether (sulfide) groups is 1. The summed E-state index contributed by atoms with van der Waals surface area (Å²) in [6.45, 7) is 0. The predicted molar refractivity (Wildman–Crippen MR) is 107 cm³/mol. The summed E-state index contributed by atoms with van der Waals surface area (Å²) >= 11 is 1.18. The fourth-order valence-corrected chi connectivity index (χ4v) is 3.76. The fourth-order valence-electron chi connectivity index (χ4n) is 2.64. The third kappa shape index (κ3) is 3.83. The quantitative estimate of drug-likeness (QED) is 0.230. The van der Waals surface area contributed by atoms with Crippen molar-refractivity contribution in [3.8, 4) is 6.07 Å². The van der Waals surface area contributed by atoms with Gasteiger partial charge in [-0.15, -0.1) is 0 Å². The molecule has 5 N–H and O–H groups in total. The van der Waals surface area contributed by atoms with Crippen LogP contribution in [-0.4, -0.2) is 26.8 Å². The van der Waals surface area contributed by atoms with Crippen molar-refractivity contribution in [1.82, 2.24) is 0 Å². The maximum Gasteiger partial charge on any atom is 0.335 e. The Labute approximate surface area is 165 Å². The van der Waals surface area contributed by atoms with Gasteiger partial charge in [0.15, 0.2) is 5.78 Å². The standard InChI is InChI=1S/C19H17N5O3S/c20-11-12-1-3-13(4-2-12)16(25)19(9-10-19)28-18(23-21)24(22)15-7-5-14(6-8-15)17(26)27/h1-8H,9-10,21-22H2,(H,26,27)/b23-18+. The van der Waals surface area contributed by atoms with Gasteiger partial charge in [-0.2, -0.15) is 10.4 Å². The largest absolute Gasteiger partial charge is 0.478 e. The van der Waals surface area contributed by atoms with Crippen molar-refractivity contribution >= 4 is 34.4 Å². The molecule has 0 atom stereocenters. The molecule has 0 unspecified atom stereocenters. The molecule has 0 bridgehead atoms. The van der Waals surface area contributed by atoms with Gasteiger partial charge in [0.25, 0.3) is 0 Å². The van der Waals surface area contributed by atoms with Crippen LogP contribution in [0.25, 0.3) is 0 Å². The summed E-state index contributed by atoms with van der Waals surface area (Å²) in [7, 11) is 0. The molecule has 0 radical (unpaired) electrons. The molecule has 1 saturated carbocycles. The van der Waals surface area contributed by atoms with Crippen molar-refractivity contribution in [2.75, 3.05) is 5.01 Å². The second-order valence-corrected chi connectivity index (χ2v) is 7.60. The lowest BCUT2D eigenvalue weighted by Crippen LogP contribution is -2.38. The van der Waals surface area contributed by atoms with E-state index in [9.17, 15) is 9.59 Å². The predicted octanol–water partition coefficient (Wildman–Crippen LogP) is 2.31. The van der Waals surface area contributed by atoms with E-state index in [1.165, 1.54) is 41.0 Å². The molecule has 2 aromatic carbocycles. The number of anilines is 1. The Morgan fingerprint density at radius 3 is 2.14 bits per heavy atom. The Kier molecular flexibility index (Phi) is 5.35. The molecule has 0 spiro atoms. The number of carboxylic acid groups (broad SMARTS) is 1. The number of nitrogens with two attached hydrogens (primary N) is 2. The number of hydrogen-bond donors (Lipinski definition) is 3. The molecule has 0 heterocycles. The fraction of sp³-hybridized carbons (Fsp3) is 0.158. The molecule has 3 rings (SSSR count). The van der Waals surface area contributed by atoms with Crippen LogP contribution in [0.1, 0.15) is 39.1 Å². The zero-order valence-corrected chi connectivity index (χ0v) is 15.5. The van der Waals surface area contributed by atoms with Crippen LogP contribution in [0.3, 0.4) is 0 Å². The second kappa shape index (κ2) is 7.72. The van der Waals surface area contributed by atoms with Gasteiger partial charge in [0.05, 0.1) is 27.6 Å². The molecule has 1 fully saturated rings. The lowest BCUT2D eigenvalue weighted by atomic mass is 10.1. The molecule has 28 heavy (non-hydrogen) atoms. The molecule has 9 heteroatoms. The van der Waals surface area contributed by atoms with Crippen molar-refractivity contribution in [1.29, 1.82) is 5.26 Å². The zero-order chi connectivity index (χ0) is 20.3. The highest BCUT2D eigenvalue weighted by Crippen LogP contribution is 2.51. The van der Waals surface area contributed by atoms with Crippen LogP contribution in [0.2, 0.25) is 0 Å². The van der Waals surface area contributed by atoms with Crippen LogP contribution in [-0.2, 0) is 0 Å². The molecule has 0 aliphatic heterocycles. The van der Waals surface area contributed by atoms with E-state index in [0.29, 0.717) is 29.7 Å². The number of Topliss-reactive ketones (excluding diaryl/α,β-unsaturated/α-hetero) is 1. The Morgan fingerprint density at radius 1 is 1.11 bits per heavy atom. The van der Waals surface area contributed by atoms with Crippen LogP contribution < -0.4 is 16.7 Å². The molecule has 1 aliphatic carbocycles. The zero-order valence-electron chi connectivity index (χ0n) is 14.7.